The molecule has 1 aliphatic carbocycles. The average Bonchev–Trinajstić information content (AvgIpc) is 3.18. The summed E-state index contributed by atoms with van der Waals surface area (Å²) in [6.07, 6.45) is 10.6. The topological polar surface area (TPSA) is 51.8 Å². The Bertz CT molecular complexity index is 691. The first-order valence-corrected chi connectivity index (χ1v) is 9.86. The van der Waals surface area contributed by atoms with Gasteiger partial charge in [0.1, 0.15) is 11.6 Å². The molecular weight excluding hydrogens is 312 g/mol. The van der Waals surface area contributed by atoms with Gasteiger partial charge in [-0.05, 0) is 58.5 Å². The maximum Gasteiger partial charge on any atom is 0.153 e. The van der Waals surface area contributed by atoms with Crippen molar-refractivity contribution in [1.29, 1.82) is 0 Å². The van der Waals surface area contributed by atoms with Crippen LogP contribution in [0.1, 0.15) is 62.4 Å². The molecule has 3 heterocycles. The molecule has 1 saturated carbocycles. The van der Waals surface area contributed by atoms with Gasteiger partial charge in [-0.3, -0.25) is 0 Å². The fraction of sp³-hybridized carbons (Fsp3) is 0.737. The number of hydrogen-bond donors (Lipinski definition) is 0. The van der Waals surface area contributed by atoms with Crippen LogP contribution in [-0.4, -0.2) is 48.8 Å². The van der Waals surface area contributed by atoms with E-state index in [-0.39, 0.29) is 0 Å². The van der Waals surface area contributed by atoms with E-state index in [1.165, 1.54) is 57.6 Å². The second-order valence-electron chi connectivity index (χ2n) is 7.69. The molecule has 0 spiro atoms. The zero-order valence-electron chi connectivity index (χ0n) is 15.6. The zero-order valence-corrected chi connectivity index (χ0v) is 15.6. The molecule has 0 aromatic carbocycles. The lowest BCUT2D eigenvalue weighted by atomic mass is 9.84. The fourth-order valence-corrected chi connectivity index (χ4v) is 4.25. The third-order valence-electron chi connectivity index (χ3n) is 6.10. The van der Waals surface area contributed by atoms with Gasteiger partial charge in [-0.15, -0.1) is 10.2 Å². The predicted molar refractivity (Wildman–Crippen MR) is 97.5 cm³/mol. The van der Waals surface area contributed by atoms with Gasteiger partial charge in [0, 0.05) is 31.4 Å². The van der Waals surface area contributed by atoms with Crippen molar-refractivity contribution < 1.29 is 0 Å². The second kappa shape index (κ2) is 7.28. The first-order valence-electron chi connectivity index (χ1n) is 9.86. The third-order valence-corrected chi connectivity index (χ3v) is 6.10. The van der Waals surface area contributed by atoms with E-state index >= 15 is 0 Å². The van der Waals surface area contributed by atoms with Gasteiger partial charge in [0.15, 0.2) is 5.82 Å². The summed E-state index contributed by atoms with van der Waals surface area (Å²) in [5.41, 5.74) is 0. The van der Waals surface area contributed by atoms with Crippen LogP contribution in [0.2, 0.25) is 0 Å². The summed E-state index contributed by atoms with van der Waals surface area (Å²) in [5.74, 6) is 4.80. The Hall–Kier alpha value is -1.69. The molecule has 0 N–H and O–H groups in total. The lowest BCUT2D eigenvalue weighted by Gasteiger charge is -2.36. The van der Waals surface area contributed by atoms with E-state index in [0.29, 0.717) is 5.92 Å². The molecule has 0 atom stereocenters. The van der Waals surface area contributed by atoms with Gasteiger partial charge < -0.3 is 14.0 Å². The monoisotopic (exact) mass is 342 g/mol. The Morgan fingerprint density at radius 3 is 2.52 bits per heavy atom. The van der Waals surface area contributed by atoms with Crippen molar-refractivity contribution in [3.63, 3.8) is 0 Å². The summed E-state index contributed by atoms with van der Waals surface area (Å²) in [6.45, 7) is 9.68. The molecule has 2 aromatic heterocycles. The number of nitrogens with zero attached hydrogens (tertiary/aromatic N) is 6. The molecule has 1 aliphatic heterocycles. The van der Waals surface area contributed by atoms with E-state index in [9.17, 15) is 0 Å². The van der Waals surface area contributed by atoms with Gasteiger partial charge in [0.25, 0.3) is 0 Å². The molecule has 4 rings (SSSR count). The van der Waals surface area contributed by atoms with Crippen molar-refractivity contribution in [1.82, 2.24) is 29.2 Å². The predicted octanol–water partition coefficient (Wildman–Crippen LogP) is 2.83. The van der Waals surface area contributed by atoms with Crippen molar-refractivity contribution in [2.75, 3.05) is 19.6 Å². The number of imidazole rings is 1. The van der Waals surface area contributed by atoms with Crippen LogP contribution in [0.3, 0.4) is 0 Å². The fourth-order valence-electron chi connectivity index (χ4n) is 4.25. The highest BCUT2D eigenvalue weighted by atomic mass is 15.3. The van der Waals surface area contributed by atoms with E-state index in [4.69, 9.17) is 0 Å². The molecule has 0 bridgehead atoms. The van der Waals surface area contributed by atoms with Crippen molar-refractivity contribution in [3.8, 4) is 0 Å². The Kier molecular flexibility index (Phi) is 4.88. The summed E-state index contributed by atoms with van der Waals surface area (Å²) < 4.78 is 4.47. The second-order valence-corrected chi connectivity index (χ2v) is 7.69. The zero-order chi connectivity index (χ0) is 17.2. The van der Waals surface area contributed by atoms with Crippen LogP contribution in [0.25, 0.3) is 0 Å². The Morgan fingerprint density at radius 1 is 1.12 bits per heavy atom. The summed E-state index contributed by atoms with van der Waals surface area (Å²) in [5, 5.41) is 9.11. The summed E-state index contributed by atoms with van der Waals surface area (Å²) >= 11 is 0. The standard InChI is InChI=1S/C19H30N6/c1-3-25-18(14-24-12-9-20-15(24)2)21-22-19(25)17-7-10-23(11-8-17)13-16-5-4-6-16/h9,12,16-17H,3-8,10-11,13-14H2,1-2H3. The quantitative estimate of drug-likeness (QED) is 0.810. The minimum absolute atomic E-state index is 0.558. The minimum Gasteiger partial charge on any atom is -0.328 e. The van der Waals surface area contributed by atoms with Crippen molar-refractivity contribution in [2.45, 2.75) is 65.0 Å². The largest absolute Gasteiger partial charge is 0.328 e. The number of aromatic nitrogens is 5. The van der Waals surface area contributed by atoms with Crippen LogP contribution in [0.4, 0.5) is 0 Å². The molecule has 2 aliphatic rings. The Morgan fingerprint density at radius 2 is 1.92 bits per heavy atom. The van der Waals surface area contributed by atoms with Crippen LogP contribution in [-0.2, 0) is 13.1 Å². The van der Waals surface area contributed by atoms with E-state index in [1.54, 1.807) is 0 Å². The Labute approximate surface area is 150 Å². The van der Waals surface area contributed by atoms with Crippen molar-refractivity contribution in [2.24, 2.45) is 5.92 Å². The van der Waals surface area contributed by atoms with Gasteiger partial charge in [-0.1, -0.05) is 6.42 Å². The van der Waals surface area contributed by atoms with Crippen LogP contribution in [0, 0.1) is 12.8 Å². The minimum atomic E-state index is 0.558. The summed E-state index contributed by atoms with van der Waals surface area (Å²) in [6, 6.07) is 0. The lowest BCUT2D eigenvalue weighted by molar-refractivity contribution is 0.144. The summed E-state index contributed by atoms with van der Waals surface area (Å²) in [4.78, 5) is 6.98. The SMILES string of the molecule is CCn1c(Cn2ccnc2C)nnc1C1CCN(CC2CCC2)CC1. The molecule has 0 unspecified atom stereocenters. The van der Waals surface area contributed by atoms with E-state index in [0.717, 1.165) is 30.7 Å². The smallest absolute Gasteiger partial charge is 0.153 e. The lowest BCUT2D eigenvalue weighted by Crippen LogP contribution is -2.38. The van der Waals surface area contributed by atoms with Gasteiger partial charge in [0.2, 0.25) is 0 Å². The van der Waals surface area contributed by atoms with Gasteiger partial charge >= 0.3 is 0 Å². The van der Waals surface area contributed by atoms with Gasteiger partial charge in [0.05, 0.1) is 6.54 Å². The van der Waals surface area contributed by atoms with Crippen LogP contribution in [0.15, 0.2) is 12.4 Å². The van der Waals surface area contributed by atoms with Gasteiger partial charge in [-0.2, -0.15) is 0 Å². The molecule has 0 radical (unpaired) electrons. The van der Waals surface area contributed by atoms with Gasteiger partial charge in [-0.25, -0.2) is 4.98 Å². The van der Waals surface area contributed by atoms with Crippen molar-refractivity contribution in [3.05, 3.63) is 29.9 Å². The third kappa shape index (κ3) is 3.50. The molecular formula is C19H30N6. The highest BCUT2D eigenvalue weighted by Gasteiger charge is 2.28. The number of rotatable bonds is 6. The highest BCUT2D eigenvalue weighted by Crippen LogP contribution is 2.31. The Balaban J connectivity index is 1.41. The molecule has 6 nitrogen and oxygen atoms in total. The molecule has 1 saturated heterocycles. The van der Waals surface area contributed by atoms with Crippen molar-refractivity contribution >= 4 is 0 Å². The molecule has 0 amide bonds. The van der Waals surface area contributed by atoms with Crippen LogP contribution < -0.4 is 0 Å². The number of hydrogen-bond acceptors (Lipinski definition) is 4. The maximum atomic E-state index is 4.59. The number of aryl methyl sites for hydroxylation is 1. The van der Waals surface area contributed by atoms with E-state index < -0.39 is 0 Å². The molecule has 6 heteroatoms. The highest BCUT2D eigenvalue weighted by molar-refractivity contribution is 5.06. The van der Waals surface area contributed by atoms with E-state index in [1.807, 2.05) is 19.3 Å². The van der Waals surface area contributed by atoms with E-state index in [2.05, 4.69) is 36.1 Å². The summed E-state index contributed by atoms with van der Waals surface area (Å²) in [7, 11) is 0. The number of piperidine rings is 1. The van der Waals surface area contributed by atoms with Crippen LogP contribution in [0.5, 0.6) is 0 Å². The molecule has 136 valence electrons. The first kappa shape index (κ1) is 16.8. The maximum absolute atomic E-state index is 4.59. The first-order chi connectivity index (χ1) is 12.2. The normalized spacial score (nSPS) is 20.1. The molecule has 25 heavy (non-hydrogen) atoms. The average molecular weight is 342 g/mol. The molecule has 2 aromatic rings. The van der Waals surface area contributed by atoms with Crippen LogP contribution >= 0.6 is 0 Å². The number of likely N-dealkylation sites (tertiary alicyclic amines) is 1. The molecule has 2 fully saturated rings.